The van der Waals surface area contributed by atoms with Crippen LogP contribution in [0, 0.1) is 5.92 Å². The first kappa shape index (κ1) is 12.1. The lowest BCUT2D eigenvalue weighted by atomic mass is 10.1. The number of aromatic nitrogens is 2. The van der Waals surface area contributed by atoms with Crippen LogP contribution in [0.15, 0.2) is 12.4 Å². The summed E-state index contributed by atoms with van der Waals surface area (Å²) in [5.41, 5.74) is 1.18. The number of rotatable bonds is 4. The highest BCUT2D eigenvalue weighted by molar-refractivity contribution is 5.38. The molecule has 0 amide bonds. The third-order valence-electron chi connectivity index (χ3n) is 2.62. The van der Waals surface area contributed by atoms with Gasteiger partial charge in [0.1, 0.15) is 0 Å². The van der Waals surface area contributed by atoms with Gasteiger partial charge in [-0.05, 0) is 26.7 Å². The van der Waals surface area contributed by atoms with E-state index in [2.05, 4.69) is 51.2 Å². The summed E-state index contributed by atoms with van der Waals surface area (Å²) in [5.74, 6) is 0.711. The first-order chi connectivity index (χ1) is 6.93. The largest absolute Gasteiger partial charge is 0.382 e. The van der Waals surface area contributed by atoms with E-state index in [-0.39, 0.29) is 5.54 Å². The number of nitrogens with one attached hydrogen (secondary N) is 1. The molecule has 0 bridgehead atoms. The van der Waals surface area contributed by atoms with Crippen molar-refractivity contribution in [2.24, 2.45) is 5.92 Å². The van der Waals surface area contributed by atoms with E-state index in [1.807, 2.05) is 10.9 Å². The number of anilines is 1. The molecule has 0 aliphatic heterocycles. The van der Waals surface area contributed by atoms with Crippen LogP contribution in [0.1, 0.15) is 41.0 Å². The minimum Gasteiger partial charge on any atom is -0.382 e. The molecule has 1 aromatic heterocycles. The van der Waals surface area contributed by atoms with Crippen LogP contribution in [0.4, 0.5) is 5.69 Å². The smallest absolute Gasteiger partial charge is 0.0726 e. The molecule has 0 aliphatic carbocycles. The van der Waals surface area contributed by atoms with Crippen molar-refractivity contribution in [2.75, 3.05) is 11.9 Å². The van der Waals surface area contributed by atoms with Crippen LogP contribution >= 0.6 is 0 Å². The second-order valence-corrected chi connectivity index (χ2v) is 5.24. The van der Waals surface area contributed by atoms with E-state index < -0.39 is 0 Å². The minimum atomic E-state index is 0.0658. The van der Waals surface area contributed by atoms with Gasteiger partial charge in [0.05, 0.1) is 17.4 Å². The topological polar surface area (TPSA) is 29.9 Å². The van der Waals surface area contributed by atoms with Crippen LogP contribution in [0.25, 0.3) is 0 Å². The van der Waals surface area contributed by atoms with Crippen LogP contribution < -0.4 is 5.32 Å². The van der Waals surface area contributed by atoms with Crippen molar-refractivity contribution in [3.8, 4) is 0 Å². The third-order valence-corrected chi connectivity index (χ3v) is 2.62. The normalized spacial score (nSPS) is 13.9. The molecule has 1 rings (SSSR count). The Bertz CT molecular complexity index is 296. The summed E-state index contributed by atoms with van der Waals surface area (Å²) in [6, 6.07) is 0. The zero-order chi connectivity index (χ0) is 11.5. The second kappa shape index (κ2) is 4.69. The molecule has 0 aliphatic rings. The zero-order valence-electron chi connectivity index (χ0n) is 10.5. The minimum absolute atomic E-state index is 0.0658. The molecule has 1 heterocycles. The molecule has 86 valence electrons. The van der Waals surface area contributed by atoms with Gasteiger partial charge in [-0.2, -0.15) is 5.10 Å². The molecular formula is C12H23N3. The van der Waals surface area contributed by atoms with Gasteiger partial charge in [-0.15, -0.1) is 0 Å². The maximum absolute atomic E-state index is 4.35. The molecule has 1 aromatic rings. The van der Waals surface area contributed by atoms with E-state index in [1.54, 1.807) is 0 Å². The molecule has 0 radical (unpaired) electrons. The van der Waals surface area contributed by atoms with Crippen molar-refractivity contribution >= 4 is 5.69 Å². The summed E-state index contributed by atoms with van der Waals surface area (Å²) >= 11 is 0. The lowest BCUT2D eigenvalue weighted by Gasteiger charge is -2.18. The van der Waals surface area contributed by atoms with E-state index in [0.717, 1.165) is 12.2 Å². The fourth-order valence-electron chi connectivity index (χ4n) is 1.22. The summed E-state index contributed by atoms with van der Waals surface area (Å²) in [7, 11) is 0. The SMILES string of the molecule is CCC(C)CNc1cnn(C(C)(C)C)c1. The van der Waals surface area contributed by atoms with Gasteiger partial charge in [0, 0.05) is 12.7 Å². The molecule has 3 heteroatoms. The first-order valence-corrected chi connectivity index (χ1v) is 5.72. The monoisotopic (exact) mass is 209 g/mol. The van der Waals surface area contributed by atoms with Crippen molar-refractivity contribution in [3.05, 3.63) is 12.4 Å². The predicted octanol–water partition coefficient (Wildman–Crippen LogP) is 3.10. The molecule has 1 unspecified atom stereocenters. The van der Waals surface area contributed by atoms with Crippen molar-refractivity contribution in [1.29, 1.82) is 0 Å². The lowest BCUT2D eigenvalue weighted by molar-refractivity contribution is 0.355. The Morgan fingerprint density at radius 3 is 2.60 bits per heavy atom. The van der Waals surface area contributed by atoms with Gasteiger partial charge in [0.2, 0.25) is 0 Å². The standard InChI is InChI=1S/C12H23N3/c1-6-10(2)7-13-11-8-14-15(9-11)12(3,4)5/h8-10,13H,6-7H2,1-5H3. The number of hydrogen-bond acceptors (Lipinski definition) is 2. The maximum atomic E-state index is 4.35. The fourth-order valence-corrected chi connectivity index (χ4v) is 1.22. The van der Waals surface area contributed by atoms with Crippen molar-refractivity contribution < 1.29 is 0 Å². The maximum Gasteiger partial charge on any atom is 0.0726 e. The zero-order valence-corrected chi connectivity index (χ0v) is 10.5. The van der Waals surface area contributed by atoms with Crippen LogP contribution in [0.5, 0.6) is 0 Å². The number of nitrogens with zero attached hydrogens (tertiary/aromatic N) is 2. The van der Waals surface area contributed by atoms with E-state index in [0.29, 0.717) is 5.92 Å². The molecule has 1 N–H and O–H groups in total. The molecule has 0 saturated heterocycles. The number of hydrogen-bond donors (Lipinski definition) is 1. The third kappa shape index (κ3) is 3.57. The molecule has 1 atom stereocenters. The Morgan fingerprint density at radius 2 is 2.13 bits per heavy atom. The molecule has 0 spiro atoms. The van der Waals surface area contributed by atoms with Crippen molar-refractivity contribution in [3.63, 3.8) is 0 Å². The van der Waals surface area contributed by atoms with Gasteiger partial charge in [-0.25, -0.2) is 0 Å². The molecule has 15 heavy (non-hydrogen) atoms. The average molecular weight is 209 g/mol. The van der Waals surface area contributed by atoms with Crippen LogP contribution in [0.3, 0.4) is 0 Å². The van der Waals surface area contributed by atoms with E-state index in [9.17, 15) is 0 Å². The summed E-state index contributed by atoms with van der Waals surface area (Å²) in [6.07, 6.45) is 5.18. The van der Waals surface area contributed by atoms with Crippen LogP contribution in [-0.2, 0) is 5.54 Å². The van der Waals surface area contributed by atoms with Gasteiger partial charge in [-0.3, -0.25) is 4.68 Å². The van der Waals surface area contributed by atoms with Crippen LogP contribution in [0.2, 0.25) is 0 Å². The van der Waals surface area contributed by atoms with E-state index >= 15 is 0 Å². The highest BCUT2D eigenvalue weighted by Crippen LogP contribution is 2.16. The van der Waals surface area contributed by atoms with Gasteiger partial charge in [0.25, 0.3) is 0 Å². The van der Waals surface area contributed by atoms with Gasteiger partial charge in [-0.1, -0.05) is 20.3 Å². The van der Waals surface area contributed by atoms with Crippen molar-refractivity contribution in [1.82, 2.24) is 9.78 Å². The molecule has 0 fully saturated rings. The summed E-state index contributed by atoms with van der Waals surface area (Å²) in [5, 5.41) is 7.75. The highest BCUT2D eigenvalue weighted by atomic mass is 15.3. The molecular weight excluding hydrogens is 186 g/mol. The van der Waals surface area contributed by atoms with Crippen molar-refractivity contribution in [2.45, 2.75) is 46.6 Å². The Balaban J connectivity index is 2.54. The Morgan fingerprint density at radius 1 is 1.47 bits per heavy atom. The van der Waals surface area contributed by atoms with Gasteiger partial charge < -0.3 is 5.32 Å². The molecule has 0 aromatic carbocycles. The van der Waals surface area contributed by atoms with E-state index in [1.165, 1.54) is 6.42 Å². The Labute approximate surface area is 92.9 Å². The average Bonchev–Trinajstić information content (AvgIpc) is 2.61. The predicted molar refractivity (Wildman–Crippen MR) is 65.2 cm³/mol. The lowest BCUT2D eigenvalue weighted by Crippen LogP contribution is -2.22. The molecule has 0 saturated carbocycles. The first-order valence-electron chi connectivity index (χ1n) is 5.72. The molecule has 3 nitrogen and oxygen atoms in total. The quantitative estimate of drug-likeness (QED) is 0.825. The fraction of sp³-hybridized carbons (Fsp3) is 0.750. The second-order valence-electron chi connectivity index (χ2n) is 5.24. The summed E-state index contributed by atoms with van der Waals surface area (Å²) < 4.78 is 1.99. The Kier molecular flexibility index (Phi) is 3.77. The van der Waals surface area contributed by atoms with Gasteiger partial charge >= 0.3 is 0 Å². The summed E-state index contributed by atoms with van der Waals surface area (Å²) in [4.78, 5) is 0. The van der Waals surface area contributed by atoms with Gasteiger partial charge in [0.15, 0.2) is 0 Å². The van der Waals surface area contributed by atoms with E-state index in [4.69, 9.17) is 0 Å². The summed E-state index contributed by atoms with van der Waals surface area (Å²) in [6.45, 7) is 11.9. The van der Waals surface area contributed by atoms with Crippen LogP contribution in [-0.4, -0.2) is 16.3 Å². The Hall–Kier alpha value is -0.990. The highest BCUT2D eigenvalue weighted by Gasteiger charge is 2.13.